The van der Waals surface area contributed by atoms with Crippen molar-refractivity contribution >= 4 is 40.0 Å². The second kappa shape index (κ2) is 13.1. The molecule has 2 fully saturated rings. The standard InChI is InChI=1S/C16H32N4O4S.HI/c1-17-16(19-7-9-20-8-3-13-25(20,21)22)18-6-2-10-24-14-15-4-11-23-12-5-15;/h15H,2-14H2,1H3,(H2,17,18,19);1H. The molecule has 2 rings (SSSR count). The first-order valence-corrected chi connectivity index (χ1v) is 10.8. The molecule has 8 nitrogen and oxygen atoms in total. The Bertz CT molecular complexity index is 512. The molecule has 2 saturated heterocycles. The molecule has 154 valence electrons. The van der Waals surface area contributed by atoms with Crippen LogP contribution in [0, 0.1) is 5.92 Å². The van der Waals surface area contributed by atoms with Crippen molar-refractivity contribution < 1.29 is 17.9 Å². The zero-order valence-corrected chi connectivity index (χ0v) is 18.8. The Labute approximate surface area is 174 Å². The summed E-state index contributed by atoms with van der Waals surface area (Å²) in [5.74, 6) is 1.60. The van der Waals surface area contributed by atoms with Crippen molar-refractivity contribution in [3.63, 3.8) is 0 Å². The van der Waals surface area contributed by atoms with Gasteiger partial charge >= 0.3 is 0 Å². The Hall–Kier alpha value is -0.170. The van der Waals surface area contributed by atoms with Crippen LogP contribution < -0.4 is 10.6 Å². The monoisotopic (exact) mass is 504 g/mol. The molecular formula is C16H33IN4O4S. The molecule has 0 aromatic heterocycles. The lowest BCUT2D eigenvalue weighted by Crippen LogP contribution is -2.42. The lowest BCUT2D eigenvalue weighted by atomic mass is 10.0. The van der Waals surface area contributed by atoms with E-state index in [4.69, 9.17) is 9.47 Å². The van der Waals surface area contributed by atoms with E-state index in [1.54, 1.807) is 7.05 Å². The molecular weight excluding hydrogens is 471 g/mol. The summed E-state index contributed by atoms with van der Waals surface area (Å²) in [6.45, 7) is 5.70. The third kappa shape index (κ3) is 8.68. The third-order valence-corrected chi connectivity index (χ3v) is 6.49. The molecule has 10 heteroatoms. The number of nitrogens with zero attached hydrogens (tertiary/aromatic N) is 2. The predicted octanol–water partition coefficient (Wildman–Crippen LogP) is 0.638. The normalized spacial score (nSPS) is 21.3. The lowest BCUT2D eigenvalue weighted by molar-refractivity contribution is 0.0203. The number of sulfonamides is 1. The van der Waals surface area contributed by atoms with Crippen molar-refractivity contribution in [3.8, 4) is 0 Å². The van der Waals surface area contributed by atoms with Gasteiger partial charge in [0.05, 0.1) is 5.75 Å². The lowest BCUT2D eigenvalue weighted by Gasteiger charge is -2.21. The van der Waals surface area contributed by atoms with Crippen molar-refractivity contribution in [3.05, 3.63) is 0 Å². The Balaban J connectivity index is 0.00000338. The molecule has 0 aromatic carbocycles. The summed E-state index contributed by atoms with van der Waals surface area (Å²) in [6, 6.07) is 0. The summed E-state index contributed by atoms with van der Waals surface area (Å²) in [4.78, 5) is 4.15. The van der Waals surface area contributed by atoms with Gasteiger partial charge in [0.2, 0.25) is 10.0 Å². The van der Waals surface area contributed by atoms with Crippen molar-refractivity contribution in [1.82, 2.24) is 14.9 Å². The molecule has 0 atom stereocenters. The quantitative estimate of drug-likeness (QED) is 0.207. The number of rotatable bonds is 9. The van der Waals surface area contributed by atoms with Gasteiger partial charge in [-0.25, -0.2) is 12.7 Å². The minimum atomic E-state index is -3.02. The van der Waals surface area contributed by atoms with Crippen LogP contribution in [0.4, 0.5) is 0 Å². The molecule has 2 heterocycles. The van der Waals surface area contributed by atoms with Gasteiger partial charge in [0.15, 0.2) is 5.96 Å². The topological polar surface area (TPSA) is 92.3 Å². The van der Waals surface area contributed by atoms with Crippen molar-refractivity contribution in [1.29, 1.82) is 0 Å². The first-order valence-electron chi connectivity index (χ1n) is 9.19. The fourth-order valence-electron chi connectivity index (χ4n) is 3.01. The van der Waals surface area contributed by atoms with Crippen LogP contribution in [0.3, 0.4) is 0 Å². The van der Waals surface area contributed by atoms with Crippen LogP contribution in [0.1, 0.15) is 25.7 Å². The summed E-state index contributed by atoms with van der Waals surface area (Å²) >= 11 is 0. The van der Waals surface area contributed by atoms with Gasteiger partial charge in [-0.3, -0.25) is 4.99 Å². The highest BCUT2D eigenvalue weighted by Crippen LogP contribution is 2.14. The number of nitrogens with one attached hydrogen (secondary N) is 2. The van der Waals surface area contributed by atoms with E-state index in [1.165, 1.54) is 4.31 Å². The number of ether oxygens (including phenoxy) is 2. The molecule has 0 aliphatic carbocycles. The van der Waals surface area contributed by atoms with Gasteiger partial charge in [-0.1, -0.05) is 0 Å². The highest BCUT2D eigenvalue weighted by molar-refractivity contribution is 14.0. The molecule has 0 amide bonds. The zero-order valence-electron chi connectivity index (χ0n) is 15.6. The SMILES string of the molecule is CN=C(NCCCOCC1CCOCC1)NCCN1CCCS1(=O)=O.I. The Morgan fingerprint density at radius 1 is 1.27 bits per heavy atom. The third-order valence-electron chi connectivity index (χ3n) is 4.53. The minimum Gasteiger partial charge on any atom is -0.381 e. The molecule has 2 N–H and O–H groups in total. The number of hydrogen-bond acceptors (Lipinski definition) is 5. The van der Waals surface area contributed by atoms with Crippen molar-refractivity contribution in [2.45, 2.75) is 25.7 Å². The van der Waals surface area contributed by atoms with Crippen LogP contribution in [0.15, 0.2) is 4.99 Å². The highest BCUT2D eigenvalue weighted by atomic mass is 127. The van der Waals surface area contributed by atoms with Gasteiger partial charge in [-0.05, 0) is 31.6 Å². The van der Waals surface area contributed by atoms with E-state index in [0.29, 0.717) is 31.5 Å². The Morgan fingerprint density at radius 2 is 2.00 bits per heavy atom. The van der Waals surface area contributed by atoms with Gasteiger partial charge in [0.25, 0.3) is 0 Å². The molecule has 0 radical (unpaired) electrons. The van der Waals surface area contributed by atoms with Crippen LogP contribution in [-0.2, 0) is 19.5 Å². The maximum atomic E-state index is 11.7. The maximum absolute atomic E-state index is 11.7. The minimum absolute atomic E-state index is 0. The largest absolute Gasteiger partial charge is 0.381 e. The van der Waals surface area contributed by atoms with E-state index >= 15 is 0 Å². The average Bonchev–Trinajstić information content (AvgIpc) is 2.95. The van der Waals surface area contributed by atoms with Gasteiger partial charge in [0, 0.05) is 59.7 Å². The number of aliphatic imine (C=N–C) groups is 1. The molecule has 2 aliphatic rings. The van der Waals surface area contributed by atoms with Gasteiger partial charge in [-0.15, -0.1) is 24.0 Å². The molecule has 26 heavy (non-hydrogen) atoms. The fourth-order valence-corrected chi connectivity index (χ4v) is 4.53. The summed E-state index contributed by atoms with van der Waals surface area (Å²) in [5.41, 5.74) is 0. The smallest absolute Gasteiger partial charge is 0.214 e. The highest BCUT2D eigenvalue weighted by Gasteiger charge is 2.27. The van der Waals surface area contributed by atoms with Gasteiger partial charge in [0.1, 0.15) is 0 Å². The van der Waals surface area contributed by atoms with E-state index < -0.39 is 10.0 Å². The second-order valence-corrected chi connectivity index (χ2v) is 8.57. The summed E-state index contributed by atoms with van der Waals surface area (Å²) in [5, 5.41) is 6.38. The van der Waals surface area contributed by atoms with Gasteiger partial charge in [-0.2, -0.15) is 0 Å². The van der Waals surface area contributed by atoms with Crippen LogP contribution >= 0.6 is 24.0 Å². The van der Waals surface area contributed by atoms with Crippen LogP contribution in [0.25, 0.3) is 0 Å². The maximum Gasteiger partial charge on any atom is 0.214 e. The molecule has 0 saturated carbocycles. The summed E-state index contributed by atoms with van der Waals surface area (Å²) in [6.07, 6.45) is 3.83. The van der Waals surface area contributed by atoms with E-state index in [0.717, 1.165) is 58.7 Å². The van der Waals surface area contributed by atoms with Crippen molar-refractivity contribution in [2.24, 2.45) is 10.9 Å². The predicted molar refractivity (Wildman–Crippen MR) is 114 cm³/mol. The van der Waals surface area contributed by atoms with E-state index in [1.807, 2.05) is 0 Å². The molecule has 0 unspecified atom stereocenters. The van der Waals surface area contributed by atoms with Crippen molar-refractivity contribution in [2.75, 3.05) is 65.4 Å². The first-order chi connectivity index (χ1) is 12.1. The number of hydrogen-bond donors (Lipinski definition) is 2. The molecule has 0 spiro atoms. The zero-order chi connectivity index (χ0) is 18.0. The van der Waals surface area contributed by atoms with Crippen LogP contribution in [0.2, 0.25) is 0 Å². The Kier molecular flexibility index (Phi) is 12.0. The number of guanidine groups is 1. The van der Waals surface area contributed by atoms with E-state index in [-0.39, 0.29) is 29.7 Å². The van der Waals surface area contributed by atoms with E-state index in [9.17, 15) is 8.42 Å². The number of halogens is 1. The molecule has 0 aromatic rings. The van der Waals surface area contributed by atoms with Crippen LogP contribution in [-0.4, -0.2) is 84.1 Å². The molecule has 2 aliphatic heterocycles. The van der Waals surface area contributed by atoms with Crippen LogP contribution in [0.5, 0.6) is 0 Å². The summed E-state index contributed by atoms with van der Waals surface area (Å²) < 4.78 is 36.1. The average molecular weight is 504 g/mol. The van der Waals surface area contributed by atoms with E-state index in [2.05, 4.69) is 15.6 Å². The molecule has 0 bridgehead atoms. The Morgan fingerprint density at radius 3 is 2.65 bits per heavy atom. The fraction of sp³-hybridized carbons (Fsp3) is 0.938. The van der Waals surface area contributed by atoms with Gasteiger partial charge < -0.3 is 20.1 Å². The first kappa shape index (κ1) is 23.9. The summed E-state index contributed by atoms with van der Waals surface area (Å²) in [7, 11) is -1.31. The second-order valence-electron chi connectivity index (χ2n) is 6.48.